The number of nitrogens with zero attached hydrogens (tertiary/aromatic N) is 2. The number of nitrogens with one attached hydrogen (secondary N) is 1. The van der Waals surface area contributed by atoms with Gasteiger partial charge in [0, 0.05) is 24.6 Å². The van der Waals surface area contributed by atoms with Crippen LogP contribution in [0.5, 0.6) is 5.75 Å². The van der Waals surface area contributed by atoms with Crippen molar-refractivity contribution in [2.75, 3.05) is 26.9 Å². The van der Waals surface area contributed by atoms with Gasteiger partial charge in [-0.15, -0.1) is 11.3 Å². The lowest BCUT2D eigenvalue weighted by molar-refractivity contribution is -0.121. The lowest BCUT2D eigenvalue weighted by atomic mass is 10.1. The second kappa shape index (κ2) is 8.79. The van der Waals surface area contributed by atoms with Crippen molar-refractivity contribution in [3.8, 4) is 16.9 Å². The maximum Gasteiger partial charge on any atom is 0.263 e. The zero-order valence-corrected chi connectivity index (χ0v) is 16.0. The van der Waals surface area contributed by atoms with Crippen LogP contribution in [0, 0.1) is 0 Å². The zero-order chi connectivity index (χ0) is 19.2. The standard InChI is InChI=1S/C19H21N3O4S/c1-3-26-14-6-4-13(5-7-14)15-11-27-18-17(15)19(24)22(12-21-18)10-16(23)20-8-9-25-2/h4-7,11-12H,3,8-10H2,1-2H3,(H,20,23). The third-order valence-electron chi connectivity index (χ3n) is 3.98. The number of hydrogen-bond acceptors (Lipinski definition) is 6. The Morgan fingerprint density at radius 3 is 2.78 bits per heavy atom. The summed E-state index contributed by atoms with van der Waals surface area (Å²) in [5.41, 5.74) is 1.49. The fourth-order valence-corrected chi connectivity index (χ4v) is 3.60. The minimum atomic E-state index is -0.256. The molecule has 0 radical (unpaired) electrons. The summed E-state index contributed by atoms with van der Waals surface area (Å²) in [5, 5.41) is 5.14. The molecule has 3 aromatic rings. The second-order valence-corrected chi connectivity index (χ2v) is 6.67. The van der Waals surface area contributed by atoms with Gasteiger partial charge < -0.3 is 14.8 Å². The lowest BCUT2D eigenvalue weighted by Crippen LogP contribution is -2.34. The predicted octanol–water partition coefficient (Wildman–Crippen LogP) is 2.29. The maximum absolute atomic E-state index is 12.9. The van der Waals surface area contributed by atoms with Crippen molar-refractivity contribution in [3.05, 3.63) is 46.3 Å². The molecule has 0 aliphatic heterocycles. The number of benzene rings is 1. The first-order valence-electron chi connectivity index (χ1n) is 8.59. The Morgan fingerprint density at radius 1 is 1.30 bits per heavy atom. The van der Waals surface area contributed by atoms with E-state index >= 15 is 0 Å². The molecular weight excluding hydrogens is 366 g/mol. The first-order valence-corrected chi connectivity index (χ1v) is 9.47. The van der Waals surface area contributed by atoms with Gasteiger partial charge in [0.15, 0.2) is 0 Å². The Balaban J connectivity index is 1.90. The highest BCUT2D eigenvalue weighted by Crippen LogP contribution is 2.31. The number of ether oxygens (including phenoxy) is 2. The molecule has 1 N–H and O–H groups in total. The summed E-state index contributed by atoms with van der Waals surface area (Å²) in [6.45, 7) is 3.27. The van der Waals surface area contributed by atoms with Crippen LogP contribution in [0.15, 0.2) is 40.8 Å². The molecule has 0 spiro atoms. The van der Waals surface area contributed by atoms with Gasteiger partial charge in [0.2, 0.25) is 5.91 Å². The minimum absolute atomic E-state index is 0.0793. The molecule has 7 nitrogen and oxygen atoms in total. The van der Waals surface area contributed by atoms with Crippen molar-refractivity contribution in [1.82, 2.24) is 14.9 Å². The van der Waals surface area contributed by atoms with Crippen molar-refractivity contribution in [2.45, 2.75) is 13.5 Å². The molecule has 1 amide bonds. The summed E-state index contributed by atoms with van der Waals surface area (Å²) in [6, 6.07) is 7.59. The number of fused-ring (bicyclic) bond motifs is 1. The summed E-state index contributed by atoms with van der Waals surface area (Å²) >= 11 is 1.41. The third-order valence-corrected chi connectivity index (χ3v) is 4.87. The molecule has 27 heavy (non-hydrogen) atoms. The molecule has 0 saturated heterocycles. The van der Waals surface area contributed by atoms with Crippen molar-refractivity contribution in [2.24, 2.45) is 0 Å². The fraction of sp³-hybridized carbons (Fsp3) is 0.316. The summed E-state index contributed by atoms with van der Waals surface area (Å²) in [5.74, 6) is 0.525. The van der Waals surface area contributed by atoms with E-state index in [1.165, 1.54) is 22.2 Å². The molecular formula is C19H21N3O4S. The molecule has 0 aliphatic rings. The molecule has 3 rings (SSSR count). The molecule has 2 heterocycles. The van der Waals surface area contributed by atoms with E-state index in [0.29, 0.717) is 30.0 Å². The van der Waals surface area contributed by atoms with Crippen molar-refractivity contribution in [3.63, 3.8) is 0 Å². The molecule has 0 aliphatic carbocycles. The minimum Gasteiger partial charge on any atom is -0.494 e. The van der Waals surface area contributed by atoms with Crippen molar-refractivity contribution in [1.29, 1.82) is 0 Å². The van der Waals surface area contributed by atoms with Crippen LogP contribution in [-0.2, 0) is 16.1 Å². The normalized spacial score (nSPS) is 10.9. The number of aromatic nitrogens is 2. The predicted molar refractivity (Wildman–Crippen MR) is 105 cm³/mol. The molecule has 0 saturated carbocycles. The van der Waals surface area contributed by atoms with E-state index in [9.17, 15) is 9.59 Å². The number of thiophene rings is 1. The molecule has 1 aromatic carbocycles. The van der Waals surface area contributed by atoms with Crippen LogP contribution >= 0.6 is 11.3 Å². The lowest BCUT2D eigenvalue weighted by Gasteiger charge is -2.08. The van der Waals surface area contributed by atoms with Crippen molar-refractivity contribution >= 4 is 27.5 Å². The SMILES string of the molecule is CCOc1ccc(-c2csc3ncn(CC(=O)NCCOC)c(=O)c23)cc1. The summed E-state index contributed by atoms with van der Waals surface area (Å²) < 4.78 is 11.7. The van der Waals surface area contributed by atoms with Crippen LogP contribution in [0.25, 0.3) is 21.3 Å². The summed E-state index contributed by atoms with van der Waals surface area (Å²) in [6.07, 6.45) is 1.42. The van der Waals surface area contributed by atoms with E-state index < -0.39 is 0 Å². The smallest absolute Gasteiger partial charge is 0.263 e. The molecule has 0 atom stereocenters. The van der Waals surface area contributed by atoms with Gasteiger partial charge in [-0.2, -0.15) is 0 Å². The Kier molecular flexibility index (Phi) is 6.20. The Hall–Kier alpha value is -2.71. The highest BCUT2D eigenvalue weighted by atomic mass is 32.1. The number of carbonyl (C=O) groups excluding carboxylic acids is 1. The van der Waals surface area contributed by atoms with Gasteiger partial charge in [0.25, 0.3) is 5.56 Å². The number of amides is 1. The average molecular weight is 387 g/mol. The maximum atomic E-state index is 12.9. The molecule has 0 unspecified atom stereocenters. The van der Waals surface area contributed by atoms with Crippen LogP contribution in [0.1, 0.15) is 6.92 Å². The van der Waals surface area contributed by atoms with Gasteiger partial charge in [-0.3, -0.25) is 14.2 Å². The second-order valence-electron chi connectivity index (χ2n) is 5.81. The molecule has 0 fully saturated rings. The topological polar surface area (TPSA) is 82.5 Å². The van der Waals surface area contributed by atoms with Crippen LogP contribution in [0.2, 0.25) is 0 Å². The van der Waals surface area contributed by atoms with Crippen LogP contribution in [-0.4, -0.2) is 42.3 Å². The highest BCUT2D eigenvalue weighted by Gasteiger charge is 2.14. The first kappa shape index (κ1) is 19.1. The molecule has 8 heteroatoms. The first-order chi connectivity index (χ1) is 13.1. The van der Waals surface area contributed by atoms with Crippen LogP contribution < -0.4 is 15.6 Å². The van der Waals surface area contributed by atoms with Gasteiger partial charge in [-0.25, -0.2) is 4.98 Å². The molecule has 2 aromatic heterocycles. The van der Waals surface area contributed by atoms with E-state index in [2.05, 4.69) is 10.3 Å². The average Bonchev–Trinajstić information content (AvgIpc) is 3.10. The monoisotopic (exact) mass is 387 g/mol. The van der Waals surface area contributed by atoms with E-state index in [4.69, 9.17) is 9.47 Å². The van der Waals surface area contributed by atoms with E-state index in [-0.39, 0.29) is 18.0 Å². The quantitative estimate of drug-likeness (QED) is 0.600. The Morgan fingerprint density at radius 2 is 2.07 bits per heavy atom. The van der Waals surface area contributed by atoms with Gasteiger partial charge in [0.05, 0.1) is 24.9 Å². The van der Waals surface area contributed by atoms with Crippen molar-refractivity contribution < 1.29 is 14.3 Å². The van der Waals surface area contributed by atoms with Gasteiger partial charge in [-0.1, -0.05) is 12.1 Å². The zero-order valence-electron chi connectivity index (χ0n) is 15.2. The van der Waals surface area contributed by atoms with E-state index in [0.717, 1.165) is 16.9 Å². The Labute approximate surface area is 160 Å². The van der Waals surface area contributed by atoms with E-state index in [1.54, 1.807) is 7.11 Å². The van der Waals surface area contributed by atoms with Gasteiger partial charge in [-0.05, 0) is 24.6 Å². The van der Waals surface area contributed by atoms with Crippen LogP contribution in [0.3, 0.4) is 0 Å². The number of carbonyl (C=O) groups is 1. The number of hydrogen-bond donors (Lipinski definition) is 1. The van der Waals surface area contributed by atoms with Crippen LogP contribution in [0.4, 0.5) is 0 Å². The molecule has 142 valence electrons. The highest BCUT2D eigenvalue weighted by molar-refractivity contribution is 7.17. The number of methoxy groups -OCH3 is 1. The molecule has 0 bridgehead atoms. The van der Waals surface area contributed by atoms with E-state index in [1.807, 2.05) is 36.6 Å². The number of rotatable bonds is 8. The van der Waals surface area contributed by atoms with Gasteiger partial charge in [0.1, 0.15) is 17.1 Å². The van der Waals surface area contributed by atoms with Gasteiger partial charge >= 0.3 is 0 Å². The largest absolute Gasteiger partial charge is 0.494 e. The Bertz CT molecular complexity index is 979. The third kappa shape index (κ3) is 4.35. The summed E-state index contributed by atoms with van der Waals surface area (Å²) in [4.78, 5) is 29.9. The fourth-order valence-electron chi connectivity index (χ4n) is 2.69. The summed E-state index contributed by atoms with van der Waals surface area (Å²) in [7, 11) is 1.56.